The van der Waals surface area contributed by atoms with Gasteiger partial charge in [-0.05, 0) is 44.8 Å². The molecule has 6 nitrogen and oxygen atoms in total. The number of nitrogens with zero attached hydrogens (tertiary/aromatic N) is 1. The molecule has 0 bridgehead atoms. The Morgan fingerprint density at radius 2 is 2.00 bits per heavy atom. The van der Waals surface area contributed by atoms with Crippen LogP contribution in [0.3, 0.4) is 0 Å². The number of amides is 2. The monoisotopic (exact) mass is 295 g/mol. The molecule has 0 spiro atoms. The Kier molecular flexibility index (Phi) is 4.88. The molecule has 2 amide bonds. The van der Waals surface area contributed by atoms with E-state index >= 15 is 0 Å². The first-order chi connectivity index (χ1) is 9.88. The molecule has 118 valence electrons. The number of aliphatic carboxylic acids is 1. The van der Waals surface area contributed by atoms with Crippen LogP contribution >= 0.6 is 0 Å². The first-order valence-corrected chi connectivity index (χ1v) is 7.52. The quantitative estimate of drug-likeness (QED) is 0.677. The molecule has 2 rings (SSSR count). The fraction of sp³-hybridized carbons (Fsp3) is 0.733. The minimum Gasteiger partial charge on any atom is -0.481 e. The number of hydrogen-bond donors (Lipinski definition) is 3. The zero-order valence-electron chi connectivity index (χ0n) is 12.8. The van der Waals surface area contributed by atoms with Gasteiger partial charge in [-0.25, -0.2) is 4.79 Å². The number of hydrogen-bond acceptors (Lipinski definition) is 3. The van der Waals surface area contributed by atoms with Crippen molar-refractivity contribution in [3.05, 3.63) is 12.2 Å². The van der Waals surface area contributed by atoms with Crippen LogP contribution in [0.15, 0.2) is 12.2 Å². The van der Waals surface area contributed by atoms with Gasteiger partial charge in [0.25, 0.3) is 0 Å². The number of urea groups is 1. The molecule has 1 aliphatic heterocycles. The number of carbonyl (C=O) groups excluding carboxylic acids is 1. The molecule has 0 saturated carbocycles. The van der Waals surface area contributed by atoms with E-state index in [1.165, 1.54) is 0 Å². The molecular weight excluding hydrogens is 270 g/mol. The number of carboxylic acids is 1. The second-order valence-electron chi connectivity index (χ2n) is 6.61. The normalized spacial score (nSPS) is 28.3. The van der Waals surface area contributed by atoms with Gasteiger partial charge in [-0.3, -0.25) is 4.79 Å². The number of rotatable bonds is 4. The average Bonchev–Trinajstić information content (AvgIpc) is 2.89. The molecule has 6 heteroatoms. The van der Waals surface area contributed by atoms with Gasteiger partial charge in [0, 0.05) is 6.54 Å². The predicted octanol–water partition coefficient (Wildman–Crippen LogP) is 1.05. The Hall–Kier alpha value is -1.56. The Bertz CT molecular complexity index is 428. The lowest BCUT2D eigenvalue weighted by molar-refractivity contribution is -0.140. The molecular formula is C15H25N3O3. The number of nitrogens with one attached hydrogen (secondary N) is 2. The molecule has 3 N–H and O–H groups in total. The highest BCUT2D eigenvalue weighted by Crippen LogP contribution is 2.29. The lowest BCUT2D eigenvalue weighted by atomic mass is 9.80. The van der Waals surface area contributed by atoms with Gasteiger partial charge in [0.1, 0.15) is 0 Å². The van der Waals surface area contributed by atoms with Crippen LogP contribution in [0.4, 0.5) is 4.79 Å². The van der Waals surface area contributed by atoms with Crippen LogP contribution in [-0.4, -0.2) is 54.7 Å². The van der Waals surface area contributed by atoms with E-state index in [0.717, 1.165) is 25.9 Å². The maximum absolute atomic E-state index is 11.9. The van der Waals surface area contributed by atoms with Crippen LogP contribution in [0.5, 0.6) is 0 Å². The number of piperidine rings is 1. The fourth-order valence-electron chi connectivity index (χ4n) is 2.84. The van der Waals surface area contributed by atoms with Crippen molar-refractivity contribution in [1.29, 1.82) is 0 Å². The fourth-order valence-corrected chi connectivity index (χ4v) is 2.84. The Morgan fingerprint density at radius 3 is 2.57 bits per heavy atom. The molecule has 1 aliphatic carbocycles. The lowest BCUT2D eigenvalue weighted by Gasteiger charge is -2.38. The van der Waals surface area contributed by atoms with E-state index in [2.05, 4.69) is 29.5 Å². The van der Waals surface area contributed by atoms with Gasteiger partial charge in [-0.1, -0.05) is 19.1 Å². The molecule has 1 saturated heterocycles. The molecule has 0 aromatic carbocycles. The summed E-state index contributed by atoms with van der Waals surface area (Å²) in [6, 6.07) is -0.396. The van der Waals surface area contributed by atoms with Crippen molar-refractivity contribution in [2.24, 2.45) is 11.3 Å². The van der Waals surface area contributed by atoms with Crippen molar-refractivity contribution < 1.29 is 14.7 Å². The van der Waals surface area contributed by atoms with Gasteiger partial charge in [0.05, 0.1) is 12.0 Å². The van der Waals surface area contributed by atoms with Crippen molar-refractivity contribution in [3.63, 3.8) is 0 Å². The second kappa shape index (κ2) is 6.47. The topological polar surface area (TPSA) is 81.7 Å². The van der Waals surface area contributed by atoms with E-state index in [9.17, 15) is 9.59 Å². The summed E-state index contributed by atoms with van der Waals surface area (Å²) in [4.78, 5) is 25.1. The highest BCUT2D eigenvalue weighted by molar-refractivity contribution is 5.76. The van der Waals surface area contributed by atoms with E-state index in [1.807, 2.05) is 0 Å². The highest BCUT2D eigenvalue weighted by Gasteiger charge is 2.30. The molecule has 0 aromatic heterocycles. The summed E-state index contributed by atoms with van der Waals surface area (Å²) < 4.78 is 0. The van der Waals surface area contributed by atoms with Crippen LogP contribution in [0.1, 0.15) is 26.2 Å². The average molecular weight is 295 g/mol. The lowest BCUT2D eigenvalue weighted by Crippen LogP contribution is -2.47. The molecule has 21 heavy (non-hydrogen) atoms. The van der Waals surface area contributed by atoms with Gasteiger partial charge in [0.15, 0.2) is 0 Å². The molecule has 0 aromatic rings. The smallest absolute Gasteiger partial charge is 0.315 e. The minimum atomic E-state index is -0.838. The highest BCUT2D eigenvalue weighted by atomic mass is 16.4. The van der Waals surface area contributed by atoms with Crippen molar-refractivity contribution >= 4 is 12.0 Å². The maximum atomic E-state index is 11.9. The van der Waals surface area contributed by atoms with Gasteiger partial charge >= 0.3 is 12.0 Å². The zero-order valence-corrected chi connectivity index (χ0v) is 12.8. The van der Waals surface area contributed by atoms with Crippen molar-refractivity contribution in [1.82, 2.24) is 15.5 Å². The summed E-state index contributed by atoms with van der Waals surface area (Å²) in [6.07, 6.45) is 5.99. The molecule has 1 fully saturated rings. The zero-order chi connectivity index (χ0) is 15.5. The summed E-state index contributed by atoms with van der Waals surface area (Å²) in [7, 11) is 2.12. The van der Waals surface area contributed by atoms with Crippen LogP contribution in [0.2, 0.25) is 0 Å². The summed E-state index contributed by atoms with van der Waals surface area (Å²) >= 11 is 0. The molecule has 1 heterocycles. The number of likely N-dealkylation sites (tertiary alicyclic amines) is 1. The third kappa shape index (κ3) is 4.46. The molecule has 2 atom stereocenters. The van der Waals surface area contributed by atoms with E-state index in [4.69, 9.17) is 5.11 Å². The SMILES string of the molecule is CN1CCC(C)(CNC(=O)NC2C=CC(C(=O)O)C2)CC1. The van der Waals surface area contributed by atoms with Crippen molar-refractivity contribution in [2.75, 3.05) is 26.7 Å². The predicted molar refractivity (Wildman–Crippen MR) is 80.0 cm³/mol. The Morgan fingerprint density at radius 1 is 1.33 bits per heavy atom. The van der Waals surface area contributed by atoms with E-state index in [1.54, 1.807) is 12.2 Å². The third-order valence-corrected chi connectivity index (χ3v) is 4.59. The van der Waals surface area contributed by atoms with Gasteiger partial charge in [-0.2, -0.15) is 0 Å². The minimum absolute atomic E-state index is 0.152. The number of carboxylic acid groups (broad SMARTS) is 1. The summed E-state index contributed by atoms with van der Waals surface area (Å²) in [5, 5.41) is 14.7. The van der Waals surface area contributed by atoms with Gasteiger partial charge in [0.2, 0.25) is 0 Å². The Balaban J connectivity index is 1.71. The van der Waals surface area contributed by atoms with Crippen molar-refractivity contribution in [3.8, 4) is 0 Å². The van der Waals surface area contributed by atoms with E-state index < -0.39 is 11.9 Å². The van der Waals surface area contributed by atoms with Crippen LogP contribution in [-0.2, 0) is 4.79 Å². The maximum Gasteiger partial charge on any atom is 0.315 e. The summed E-state index contributed by atoms with van der Waals surface area (Å²) in [6.45, 7) is 4.98. The summed E-state index contributed by atoms with van der Waals surface area (Å²) in [5.74, 6) is -1.32. The third-order valence-electron chi connectivity index (χ3n) is 4.59. The van der Waals surface area contributed by atoms with Crippen LogP contribution < -0.4 is 10.6 Å². The van der Waals surface area contributed by atoms with E-state index in [0.29, 0.717) is 13.0 Å². The molecule has 2 unspecified atom stereocenters. The van der Waals surface area contributed by atoms with E-state index in [-0.39, 0.29) is 17.5 Å². The Labute approximate surface area is 125 Å². The second-order valence-corrected chi connectivity index (χ2v) is 6.61. The van der Waals surface area contributed by atoms with Gasteiger partial charge in [-0.15, -0.1) is 0 Å². The van der Waals surface area contributed by atoms with Gasteiger partial charge < -0.3 is 20.6 Å². The van der Waals surface area contributed by atoms with Crippen LogP contribution in [0, 0.1) is 11.3 Å². The van der Waals surface area contributed by atoms with Crippen molar-refractivity contribution in [2.45, 2.75) is 32.2 Å². The standard InChI is InChI=1S/C15H25N3O3/c1-15(5-7-18(2)8-6-15)10-16-14(21)17-12-4-3-11(9-12)13(19)20/h3-4,11-12H,5-10H2,1-2H3,(H,19,20)(H2,16,17,21). The first-order valence-electron chi connectivity index (χ1n) is 7.52. The number of carbonyl (C=O) groups is 2. The van der Waals surface area contributed by atoms with Crippen LogP contribution in [0.25, 0.3) is 0 Å². The first kappa shape index (κ1) is 15.8. The molecule has 2 aliphatic rings. The summed E-state index contributed by atoms with van der Waals surface area (Å²) in [5.41, 5.74) is 0.152. The largest absolute Gasteiger partial charge is 0.481 e. The molecule has 0 radical (unpaired) electrons.